The van der Waals surface area contributed by atoms with Gasteiger partial charge in [-0.2, -0.15) is 13.2 Å². The van der Waals surface area contributed by atoms with Gasteiger partial charge >= 0.3 is 6.18 Å². The Hall–Kier alpha value is -1.85. The number of hydrogen-bond donors (Lipinski definition) is 0. The smallest absolute Gasteiger partial charge is 0.434 e. The fraction of sp³-hybridized carbons (Fsp3) is 0.273. The summed E-state index contributed by atoms with van der Waals surface area (Å²) in [7, 11) is 0. The van der Waals surface area contributed by atoms with Gasteiger partial charge in [-0.05, 0) is 19.1 Å². The fourth-order valence-corrected chi connectivity index (χ4v) is 1.54. The maximum Gasteiger partial charge on any atom is 0.434 e. The van der Waals surface area contributed by atoms with E-state index >= 15 is 0 Å². The van der Waals surface area contributed by atoms with Gasteiger partial charge in [0.05, 0.1) is 5.36 Å². The molecule has 1 heterocycles. The highest BCUT2D eigenvalue weighted by atomic mass is 19.4. The molecule has 1 aliphatic heterocycles. The van der Waals surface area contributed by atoms with Crippen LogP contribution in [0.3, 0.4) is 0 Å². The zero-order valence-electron chi connectivity index (χ0n) is 8.78. The van der Waals surface area contributed by atoms with E-state index in [2.05, 4.69) is 9.73 Å². The number of carbonyl (C=O) groups excluding carboxylic acids is 1. The van der Waals surface area contributed by atoms with Crippen LogP contribution in [0.15, 0.2) is 29.3 Å². The third-order valence-corrected chi connectivity index (χ3v) is 2.33. The number of benzene rings is 1. The zero-order valence-corrected chi connectivity index (χ0v) is 8.78. The van der Waals surface area contributed by atoms with Gasteiger partial charge in [0.1, 0.15) is 5.76 Å². The Morgan fingerprint density at radius 3 is 2.59 bits per heavy atom. The molecular weight excluding hydrogens is 235 g/mol. The van der Waals surface area contributed by atoms with Crippen molar-refractivity contribution in [2.75, 3.05) is 0 Å². The SMILES string of the molecule is CC1=c2ccccc2=NC(=O)[C@@H](C(F)(F)F)O1. The van der Waals surface area contributed by atoms with Crippen LogP contribution in [0, 0.1) is 0 Å². The van der Waals surface area contributed by atoms with E-state index in [0.29, 0.717) is 5.22 Å². The first kappa shape index (κ1) is 11.6. The molecule has 1 aliphatic rings. The van der Waals surface area contributed by atoms with Crippen LogP contribution < -0.4 is 10.6 Å². The van der Waals surface area contributed by atoms with Crippen molar-refractivity contribution in [3.8, 4) is 0 Å². The molecule has 0 aromatic heterocycles. The Morgan fingerprint density at radius 1 is 1.29 bits per heavy atom. The minimum absolute atomic E-state index is 0.0394. The largest absolute Gasteiger partial charge is 0.475 e. The Morgan fingerprint density at radius 2 is 1.94 bits per heavy atom. The lowest BCUT2D eigenvalue weighted by Gasteiger charge is -2.17. The Balaban J connectivity index is 2.64. The summed E-state index contributed by atoms with van der Waals surface area (Å²) in [5, 5.41) is 0.592. The van der Waals surface area contributed by atoms with Gasteiger partial charge in [0, 0.05) is 5.22 Å². The molecule has 0 unspecified atom stereocenters. The monoisotopic (exact) mass is 243 g/mol. The van der Waals surface area contributed by atoms with E-state index in [0.717, 1.165) is 0 Å². The lowest BCUT2D eigenvalue weighted by molar-refractivity contribution is -0.202. The Kier molecular flexibility index (Phi) is 2.65. The van der Waals surface area contributed by atoms with Crippen molar-refractivity contribution in [1.29, 1.82) is 0 Å². The van der Waals surface area contributed by atoms with Crippen molar-refractivity contribution in [3.63, 3.8) is 0 Å². The first-order valence-corrected chi connectivity index (χ1v) is 4.81. The summed E-state index contributed by atoms with van der Waals surface area (Å²) in [6.45, 7) is 1.38. The second kappa shape index (κ2) is 3.87. The van der Waals surface area contributed by atoms with Crippen LogP contribution in [-0.4, -0.2) is 18.2 Å². The fourth-order valence-electron chi connectivity index (χ4n) is 1.54. The first-order chi connectivity index (χ1) is 7.89. The number of alkyl halides is 3. The van der Waals surface area contributed by atoms with Crippen LogP contribution in [0.25, 0.3) is 5.76 Å². The summed E-state index contributed by atoms with van der Waals surface area (Å²) < 4.78 is 42.3. The van der Waals surface area contributed by atoms with Crippen LogP contribution in [-0.2, 0) is 9.53 Å². The highest BCUT2D eigenvalue weighted by Gasteiger charge is 2.47. The maximum atomic E-state index is 12.5. The molecule has 0 saturated carbocycles. The maximum absolute atomic E-state index is 12.5. The van der Waals surface area contributed by atoms with Crippen LogP contribution in [0.4, 0.5) is 13.2 Å². The van der Waals surface area contributed by atoms with Crippen LogP contribution in [0.2, 0.25) is 0 Å². The highest BCUT2D eigenvalue weighted by molar-refractivity contribution is 5.83. The van der Waals surface area contributed by atoms with Gasteiger partial charge in [-0.25, -0.2) is 4.99 Å². The van der Waals surface area contributed by atoms with E-state index in [1.54, 1.807) is 18.2 Å². The van der Waals surface area contributed by atoms with Gasteiger partial charge in [-0.3, -0.25) is 4.79 Å². The molecule has 0 N–H and O–H groups in total. The topological polar surface area (TPSA) is 38.7 Å². The van der Waals surface area contributed by atoms with Crippen molar-refractivity contribution in [2.24, 2.45) is 4.99 Å². The molecule has 2 rings (SSSR count). The molecule has 0 aliphatic carbocycles. The molecule has 1 amide bonds. The molecule has 0 spiro atoms. The van der Waals surface area contributed by atoms with E-state index in [1.165, 1.54) is 13.0 Å². The summed E-state index contributed by atoms with van der Waals surface area (Å²) in [5.41, 5.74) is 0. The van der Waals surface area contributed by atoms with Gasteiger partial charge in [0.25, 0.3) is 12.0 Å². The number of rotatable bonds is 0. The summed E-state index contributed by atoms with van der Waals surface area (Å²) in [6.07, 6.45) is -7.28. The summed E-state index contributed by atoms with van der Waals surface area (Å²) in [4.78, 5) is 14.8. The quantitative estimate of drug-likeness (QED) is 0.679. The van der Waals surface area contributed by atoms with Crippen molar-refractivity contribution < 1.29 is 22.7 Å². The molecule has 90 valence electrons. The molecule has 0 radical (unpaired) electrons. The zero-order chi connectivity index (χ0) is 12.6. The summed E-state index contributed by atoms with van der Waals surface area (Å²) in [5.74, 6) is -1.29. The second-order valence-electron chi connectivity index (χ2n) is 3.56. The van der Waals surface area contributed by atoms with Gasteiger partial charge < -0.3 is 4.74 Å². The molecule has 0 fully saturated rings. The number of hydrogen-bond acceptors (Lipinski definition) is 2. The predicted molar refractivity (Wildman–Crippen MR) is 52.2 cm³/mol. The molecule has 3 nitrogen and oxygen atoms in total. The summed E-state index contributed by atoms with van der Waals surface area (Å²) in [6, 6.07) is 6.26. The molecular formula is C11H8F3NO2. The first-order valence-electron chi connectivity index (χ1n) is 4.81. The van der Waals surface area contributed by atoms with Gasteiger partial charge in [0.2, 0.25) is 0 Å². The van der Waals surface area contributed by atoms with Gasteiger partial charge in [-0.1, -0.05) is 12.1 Å². The lowest BCUT2D eigenvalue weighted by Crippen LogP contribution is -2.37. The minimum Gasteiger partial charge on any atom is -0.475 e. The van der Waals surface area contributed by atoms with Crippen molar-refractivity contribution in [1.82, 2.24) is 0 Å². The number of halogens is 3. The van der Waals surface area contributed by atoms with Gasteiger partial charge in [0.15, 0.2) is 0 Å². The lowest BCUT2D eigenvalue weighted by atomic mass is 10.2. The van der Waals surface area contributed by atoms with E-state index in [1.807, 2.05) is 0 Å². The summed E-state index contributed by atoms with van der Waals surface area (Å²) >= 11 is 0. The molecule has 1 aromatic rings. The average molecular weight is 243 g/mol. The van der Waals surface area contributed by atoms with E-state index in [4.69, 9.17) is 0 Å². The third-order valence-electron chi connectivity index (χ3n) is 2.33. The predicted octanol–water partition coefficient (Wildman–Crippen LogP) is 0.922. The minimum atomic E-state index is -4.76. The molecule has 6 heteroatoms. The molecule has 0 saturated heterocycles. The number of para-hydroxylation sites is 1. The standard InChI is InChI=1S/C11H8F3NO2/c1-6-7-4-2-3-5-8(7)15-10(16)9(17-6)11(12,13)14/h2-5,9H,1H3/t9-/m0/s1. The normalized spacial score (nSPS) is 20.1. The highest BCUT2D eigenvalue weighted by Crippen LogP contribution is 2.26. The van der Waals surface area contributed by atoms with Crippen molar-refractivity contribution in [3.05, 3.63) is 34.8 Å². The van der Waals surface area contributed by atoms with Crippen LogP contribution in [0.5, 0.6) is 0 Å². The number of fused-ring (bicyclic) bond motifs is 1. The third kappa shape index (κ3) is 2.15. The van der Waals surface area contributed by atoms with E-state index in [9.17, 15) is 18.0 Å². The van der Waals surface area contributed by atoms with Crippen LogP contribution in [0.1, 0.15) is 6.92 Å². The number of ether oxygens (including phenoxy) is 1. The van der Waals surface area contributed by atoms with Gasteiger partial charge in [-0.15, -0.1) is 0 Å². The van der Waals surface area contributed by atoms with E-state index < -0.39 is 18.2 Å². The second-order valence-corrected chi connectivity index (χ2v) is 3.56. The molecule has 17 heavy (non-hydrogen) atoms. The Bertz CT molecular complexity index is 577. The van der Waals surface area contributed by atoms with E-state index in [-0.39, 0.29) is 11.1 Å². The van der Waals surface area contributed by atoms with Crippen LogP contribution >= 0.6 is 0 Å². The number of nitrogens with zero attached hydrogens (tertiary/aromatic N) is 1. The average Bonchev–Trinajstić information content (AvgIpc) is 2.36. The molecule has 1 aromatic carbocycles. The molecule has 0 bridgehead atoms. The number of amides is 1. The number of carbonyl (C=O) groups is 1. The van der Waals surface area contributed by atoms with Crippen molar-refractivity contribution in [2.45, 2.75) is 19.2 Å². The Labute approximate surface area is 94.2 Å². The molecule has 1 atom stereocenters. The van der Waals surface area contributed by atoms with Crippen molar-refractivity contribution >= 4 is 11.7 Å².